The maximum Gasteiger partial charge on any atom is 0.331 e. The third kappa shape index (κ3) is 4.81. The average Bonchev–Trinajstić information content (AvgIpc) is 2.77. The molecule has 1 saturated heterocycles. The number of para-hydroxylation sites is 1. The molecule has 2 aromatic carbocycles. The van der Waals surface area contributed by atoms with Crippen molar-refractivity contribution in [2.24, 2.45) is 0 Å². The van der Waals surface area contributed by atoms with E-state index in [2.05, 4.69) is 5.32 Å². The Morgan fingerprint density at radius 3 is 2.53 bits per heavy atom. The first-order chi connectivity index (χ1) is 15.4. The molecule has 1 N–H and O–H groups in total. The molecule has 4 rings (SSSR count). The zero-order valence-corrected chi connectivity index (χ0v) is 18.8. The molecule has 0 atom stereocenters. The summed E-state index contributed by atoms with van der Waals surface area (Å²) in [6.45, 7) is 0.184. The van der Waals surface area contributed by atoms with Gasteiger partial charge in [-0.2, -0.15) is 0 Å². The van der Waals surface area contributed by atoms with Crippen LogP contribution in [0.15, 0.2) is 48.0 Å². The van der Waals surface area contributed by atoms with Crippen molar-refractivity contribution in [2.45, 2.75) is 44.8 Å². The Morgan fingerprint density at radius 1 is 1.03 bits per heavy atom. The van der Waals surface area contributed by atoms with Gasteiger partial charge in [0.2, 0.25) is 0 Å². The van der Waals surface area contributed by atoms with Gasteiger partial charge in [0.1, 0.15) is 17.9 Å². The molecule has 0 aromatic heterocycles. The number of hydrogen-bond donors (Lipinski definition) is 1. The van der Waals surface area contributed by atoms with Gasteiger partial charge in [-0.25, -0.2) is 4.79 Å². The average molecular weight is 473 g/mol. The van der Waals surface area contributed by atoms with E-state index in [1.807, 2.05) is 0 Å². The number of rotatable bonds is 5. The van der Waals surface area contributed by atoms with Crippen LogP contribution in [0.3, 0.4) is 0 Å². The standard InChI is InChI=1S/C24H22Cl2N2O4/c25-17-11-10-16(20(26)13-17)14-32-21-9-5-4-6-15(21)12-19-22(29)27-24(31)28(23(19)30)18-7-2-1-3-8-18/h4-6,9-13,18H,1-3,7-8,14H2,(H,27,29,31). The van der Waals surface area contributed by atoms with Crippen molar-refractivity contribution >= 4 is 47.1 Å². The highest BCUT2D eigenvalue weighted by Gasteiger charge is 2.40. The number of nitrogens with one attached hydrogen (secondary N) is 1. The van der Waals surface area contributed by atoms with E-state index < -0.39 is 17.8 Å². The van der Waals surface area contributed by atoms with Crippen molar-refractivity contribution in [3.63, 3.8) is 0 Å². The van der Waals surface area contributed by atoms with Gasteiger partial charge in [0, 0.05) is 27.2 Å². The van der Waals surface area contributed by atoms with E-state index >= 15 is 0 Å². The number of benzene rings is 2. The first kappa shape index (κ1) is 22.4. The second-order valence-electron chi connectivity index (χ2n) is 7.85. The molecule has 6 nitrogen and oxygen atoms in total. The van der Waals surface area contributed by atoms with Crippen molar-refractivity contribution in [3.8, 4) is 5.75 Å². The van der Waals surface area contributed by atoms with E-state index in [4.69, 9.17) is 27.9 Å². The molecule has 0 bridgehead atoms. The van der Waals surface area contributed by atoms with Gasteiger partial charge in [-0.15, -0.1) is 0 Å². The largest absolute Gasteiger partial charge is 0.488 e. The lowest BCUT2D eigenvalue weighted by Gasteiger charge is -2.35. The summed E-state index contributed by atoms with van der Waals surface area (Å²) >= 11 is 12.2. The van der Waals surface area contributed by atoms with Crippen LogP contribution < -0.4 is 10.1 Å². The zero-order valence-electron chi connectivity index (χ0n) is 17.3. The molecule has 166 valence electrons. The SMILES string of the molecule is O=C1NC(=O)N(C2CCCCC2)C(=O)C1=Cc1ccccc1OCc1ccc(Cl)cc1Cl. The van der Waals surface area contributed by atoms with E-state index in [9.17, 15) is 14.4 Å². The third-order valence-corrected chi connectivity index (χ3v) is 6.28. The maximum absolute atomic E-state index is 13.1. The smallest absolute Gasteiger partial charge is 0.331 e. The van der Waals surface area contributed by atoms with Crippen molar-refractivity contribution < 1.29 is 19.1 Å². The Balaban J connectivity index is 1.59. The molecule has 1 aliphatic heterocycles. The van der Waals surface area contributed by atoms with E-state index in [0.29, 0.717) is 21.4 Å². The summed E-state index contributed by atoms with van der Waals surface area (Å²) in [6, 6.07) is 11.4. The van der Waals surface area contributed by atoms with Crippen LogP contribution in [0.2, 0.25) is 10.0 Å². The number of hydrogen-bond acceptors (Lipinski definition) is 4. The molecule has 1 saturated carbocycles. The fraction of sp³-hybridized carbons (Fsp3) is 0.292. The topological polar surface area (TPSA) is 75.7 Å². The van der Waals surface area contributed by atoms with Crippen LogP contribution in [0.5, 0.6) is 5.75 Å². The molecule has 1 aliphatic carbocycles. The minimum Gasteiger partial charge on any atom is -0.488 e. The van der Waals surface area contributed by atoms with Crippen molar-refractivity contribution in [1.29, 1.82) is 0 Å². The lowest BCUT2D eigenvalue weighted by Crippen LogP contribution is -2.58. The van der Waals surface area contributed by atoms with Gasteiger partial charge in [-0.3, -0.25) is 19.8 Å². The summed E-state index contributed by atoms with van der Waals surface area (Å²) in [5, 5.41) is 3.32. The highest BCUT2D eigenvalue weighted by molar-refractivity contribution is 6.35. The summed E-state index contributed by atoms with van der Waals surface area (Å²) in [6.07, 6.45) is 5.98. The lowest BCUT2D eigenvalue weighted by atomic mass is 9.93. The molecule has 32 heavy (non-hydrogen) atoms. The number of amides is 4. The highest BCUT2D eigenvalue weighted by Crippen LogP contribution is 2.29. The zero-order chi connectivity index (χ0) is 22.7. The monoisotopic (exact) mass is 472 g/mol. The molecule has 8 heteroatoms. The normalized spacial score (nSPS) is 18.8. The van der Waals surface area contributed by atoms with E-state index in [1.54, 1.807) is 42.5 Å². The Morgan fingerprint density at radius 2 is 1.78 bits per heavy atom. The Bertz CT molecular complexity index is 1090. The summed E-state index contributed by atoms with van der Waals surface area (Å²) in [5.41, 5.74) is 1.21. The second-order valence-corrected chi connectivity index (χ2v) is 8.69. The molecule has 0 unspecified atom stereocenters. The minimum atomic E-state index is -0.706. The molecule has 1 heterocycles. The van der Waals surface area contributed by atoms with Crippen LogP contribution in [-0.2, 0) is 16.2 Å². The molecular weight excluding hydrogens is 451 g/mol. The van der Waals surface area contributed by atoms with Crippen LogP contribution in [0.25, 0.3) is 6.08 Å². The van der Waals surface area contributed by atoms with Crippen molar-refractivity contribution in [1.82, 2.24) is 10.2 Å². The van der Waals surface area contributed by atoms with Gasteiger partial charge in [0.05, 0.1) is 0 Å². The van der Waals surface area contributed by atoms with Gasteiger partial charge in [-0.1, -0.05) is 66.7 Å². The number of urea groups is 1. The number of carbonyl (C=O) groups excluding carboxylic acids is 3. The molecular formula is C24H22Cl2N2O4. The van der Waals surface area contributed by atoms with Gasteiger partial charge >= 0.3 is 6.03 Å². The van der Waals surface area contributed by atoms with Crippen LogP contribution in [0, 0.1) is 0 Å². The van der Waals surface area contributed by atoms with E-state index in [-0.39, 0.29) is 18.2 Å². The molecule has 0 radical (unpaired) electrons. The highest BCUT2D eigenvalue weighted by atomic mass is 35.5. The Hall–Kier alpha value is -2.83. The van der Waals surface area contributed by atoms with Crippen LogP contribution >= 0.6 is 23.2 Å². The van der Waals surface area contributed by atoms with Gasteiger partial charge in [0.15, 0.2) is 0 Å². The summed E-state index contributed by atoms with van der Waals surface area (Å²) in [5.74, 6) is -0.795. The number of nitrogens with zero attached hydrogens (tertiary/aromatic N) is 1. The van der Waals surface area contributed by atoms with E-state index in [0.717, 1.165) is 37.7 Å². The fourth-order valence-corrected chi connectivity index (χ4v) is 4.49. The van der Waals surface area contributed by atoms with Gasteiger partial charge < -0.3 is 4.74 Å². The first-order valence-electron chi connectivity index (χ1n) is 10.5. The molecule has 4 amide bonds. The number of halogens is 2. The number of imide groups is 2. The van der Waals surface area contributed by atoms with Crippen molar-refractivity contribution in [2.75, 3.05) is 0 Å². The molecule has 2 fully saturated rings. The quantitative estimate of drug-likeness (QED) is 0.468. The second kappa shape index (κ2) is 9.76. The fourth-order valence-electron chi connectivity index (χ4n) is 4.02. The summed E-state index contributed by atoms with van der Waals surface area (Å²) in [7, 11) is 0. The number of carbonyl (C=O) groups is 3. The van der Waals surface area contributed by atoms with Crippen molar-refractivity contribution in [3.05, 3.63) is 69.2 Å². The third-order valence-electron chi connectivity index (χ3n) is 5.69. The first-order valence-corrected chi connectivity index (χ1v) is 11.3. The predicted octanol–water partition coefficient (Wildman–Crippen LogP) is 5.37. The Labute approximate surface area is 196 Å². The predicted molar refractivity (Wildman–Crippen MR) is 122 cm³/mol. The Kier molecular flexibility index (Phi) is 6.82. The van der Waals surface area contributed by atoms with Gasteiger partial charge in [0.25, 0.3) is 11.8 Å². The van der Waals surface area contributed by atoms with E-state index in [1.165, 1.54) is 11.0 Å². The van der Waals surface area contributed by atoms with Crippen LogP contribution in [0.1, 0.15) is 43.2 Å². The number of barbiturate groups is 1. The summed E-state index contributed by atoms with van der Waals surface area (Å²) in [4.78, 5) is 39.2. The molecule has 2 aromatic rings. The lowest BCUT2D eigenvalue weighted by molar-refractivity contribution is -0.132. The van der Waals surface area contributed by atoms with Crippen LogP contribution in [0.4, 0.5) is 4.79 Å². The maximum atomic E-state index is 13.1. The minimum absolute atomic E-state index is 0.0873. The van der Waals surface area contributed by atoms with Gasteiger partial charge in [-0.05, 0) is 37.1 Å². The summed E-state index contributed by atoms with van der Waals surface area (Å²) < 4.78 is 5.92. The number of ether oxygens (including phenoxy) is 1. The van der Waals surface area contributed by atoms with Crippen LogP contribution in [-0.4, -0.2) is 28.8 Å². The molecule has 2 aliphatic rings. The molecule has 0 spiro atoms.